The average Bonchev–Trinajstić information content (AvgIpc) is 3.29. The van der Waals surface area contributed by atoms with Crippen molar-refractivity contribution in [2.75, 3.05) is 11.4 Å². The first-order valence-electron chi connectivity index (χ1n) is 9.04. The zero-order valence-corrected chi connectivity index (χ0v) is 16.8. The molecular weight excluding hydrogens is 392 g/mol. The standard InChI is InChI=1S/C19H20N6O3S/c1-13-19(9-22-28-13)29(26,27)23-16-6-15-5-14(7-20)3-4-18(15)25(10-16)11-17-8-21-12-24(17)2/h3-5,8-9,12,16,23H,6,10-11H2,1-2H3. The molecule has 1 aromatic carbocycles. The van der Waals surface area contributed by atoms with Gasteiger partial charge in [-0.2, -0.15) is 5.26 Å². The molecule has 1 unspecified atom stereocenters. The minimum absolute atomic E-state index is 0.0345. The Bertz CT molecular complexity index is 1190. The molecule has 1 N–H and O–H groups in total. The van der Waals surface area contributed by atoms with Gasteiger partial charge in [0.05, 0.1) is 36.4 Å². The van der Waals surface area contributed by atoms with E-state index in [-0.39, 0.29) is 16.7 Å². The molecule has 4 rings (SSSR count). The lowest BCUT2D eigenvalue weighted by atomic mass is 9.96. The Morgan fingerprint density at radius 1 is 1.38 bits per heavy atom. The van der Waals surface area contributed by atoms with Crippen LogP contribution in [0.5, 0.6) is 0 Å². The number of nitrogens with zero attached hydrogens (tertiary/aromatic N) is 5. The molecule has 0 saturated heterocycles. The number of benzene rings is 1. The van der Waals surface area contributed by atoms with Gasteiger partial charge in [0.2, 0.25) is 10.0 Å². The highest BCUT2D eigenvalue weighted by Gasteiger charge is 2.30. The minimum Gasteiger partial charge on any atom is -0.364 e. The molecular formula is C19H20N6O3S. The molecule has 0 aliphatic carbocycles. The first kappa shape index (κ1) is 19.2. The number of sulfonamides is 1. The summed E-state index contributed by atoms with van der Waals surface area (Å²) < 4.78 is 35.2. The number of aromatic nitrogens is 3. The van der Waals surface area contributed by atoms with Crippen LogP contribution in [0, 0.1) is 18.3 Å². The maximum absolute atomic E-state index is 12.8. The Hall–Kier alpha value is -3.16. The Balaban J connectivity index is 1.66. The topological polar surface area (TPSA) is 117 Å². The SMILES string of the molecule is Cc1oncc1S(=O)(=O)NC1Cc2cc(C#N)ccc2N(Cc2cncn2C)C1. The number of fused-ring (bicyclic) bond motifs is 1. The van der Waals surface area contributed by atoms with Gasteiger partial charge in [-0.15, -0.1) is 0 Å². The third kappa shape index (κ3) is 3.74. The third-order valence-corrected chi connectivity index (χ3v) is 6.66. The first-order valence-corrected chi connectivity index (χ1v) is 10.5. The van der Waals surface area contributed by atoms with Gasteiger partial charge in [0, 0.05) is 31.5 Å². The molecule has 0 spiro atoms. The number of hydrogen-bond acceptors (Lipinski definition) is 7. The summed E-state index contributed by atoms with van der Waals surface area (Å²) in [4.78, 5) is 6.29. The predicted molar refractivity (Wildman–Crippen MR) is 104 cm³/mol. The monoisotopic (exact) mass is 412 g/mol. The number of nitrogens with one attached hydrogen (secondary N) is 1. The predicted octanol–water partition coefficient (Wildman–Crippen LogP) is 1.50. The van der Waals surface area contributed by atoms with E-state index >= 15 is 0 Å². The minimum atomic E-state index is -3.77. The largest absolute Gasteiger partial charge is 0.364 e. The van der Waals surface area contributed by atoms with Gasteiger partial charge in [-0.1, -0.05) is 5.16 Å². The van der Waals surface area contributed by atoms with Gasteiger partial charge >= 0.3 is 0 Å². The van der Waals surface area contributed by atoms with E-state index < -0.39 is 10.0 Å². The maximum Gasteiger partial charge on any atom is 0.246 e. The van der Waals surface area contributed by atoms with Crippen molar-refractivity contribution >= 4 is 15.7 Å². The van der Waals surface area contributed by atoms with Crippen LogP contribution in [0.1, 0.15) is 22.6 Å². The van der Waals surface area contributed by atoms with E-state index in [0.717, 1.165) is 16.9 Å². The molecule has 0 bridgehead atoms. The fourth-order valence-electron chi connectivity index (χ4n) is 3.61. The molecule has 0 radical (unpaired) electrons. The van der Waals surface area contributed by atoms with E-state index in [1.807, 2.05) is 23.7 Å². The van der Waals surface area contributed by atoms with Crippen molar-refractivity contribution in [3.05, 3.63) is 59.5 Å². The second kappa shape index (κ2) is 7.35. The summed E-state index contributed by atoms with van der Waals surface area (Å²) in [5, 5.41) is 12.8. The number of hydrogen-bond donors (Lipinski definition) is 1. The van der Waals surface area contributed by atoms with Gasteiger partial charge in [-0.3, -0.25) is 0 Å². The van der Waals surface area contributed by atoms with Crippen molar-refractivity contribution in [2.24, 2.45) is 7.05 Å². The summed E-state index contributed by atoms with van der Waals surface area (Å²) in [7, 11) is -1.86. The van der Waals surface area contributed by atoms with Gasteiger partial charge in [0.1, 0.15) is 4.90 Å². The Morgan fingerprint density at radius 2 is 2.21 bits per heavy atom. The normalized spacial score (nSPS) is 16.4. The van der Waals surface area contributed by atoms with Crippen LogP contribution in [0.2, 0.25) is 0 Å². The van der Waals surface area contributed by atoms with E-state index in [9.17, 15) is 13.7 Å². The Labute approximate surface area is 168 Å². The van der Waals surface area contributed by atoms with Crippen molar-refractivity contribution in [1.29, 1.82) is 5.26 Å². The fraction of sp³-hybridized carbons (Fsp3) is 0.316. The zero-order chi connectivity index (χ0) is 20.6. The van der Waals surface area contributed by atoms with Crippen LogP contribution in [0.25, 0.3) is 0 Å². The molecule has 1 atom stereocenters. The van der Waals surface area contributed by atoms with Crippen LogP contribution in [0.15, 0.2) is 46.3 Å². The molecule has 1 aliphatic rings. The van der Waals surface area contributed by atoms with Crippen molar-refractivity contribution < 1.29 is 12.9 Å². The highest BCUT2D eigenvalue weighted by Crippen LogP contribution is 2.30. The molecule has 0 amide bonds. The van der Waals surface area contributed by atoms with E-state index in [4.69, 9.17) is 4.52 Å². The quantitative estimate of drug-likeness (QED) is 0.675. The summed E-state index contributed by atoms with van der Waals surface area (Å²) in [6.45, 7) is 2.61. The van der Waals surface area contributed by atoms with Gasteiger partial charge in [-0.05, 0) is 37.1 Å². The molecule has 0 fully saturated rings. The van der Waals surface area contributed by atoms with E-state index in [1.54, 1.807) is 25.5 Å². The molecule has 29 heavy (non-hydrogen) atoms. The summed E-state index contributed by atoms with van der Waals surface area (Å²) in [6, 6.07) is 7.29. The smallest absolute Gasteiger partial charge is 0.246 e. The zero-order valence-electron chi connectivity index (χ0n) is 16.0. The maximum atomic E-state index is 12.8. The second-order valence-corrected chi connectivity index (χ2v) is 8.78. The lowest BCUT2D eigenvalue weighted by molar-refractivity contribution is 0.394. The Morgan fingerprint density at radius 3 is 2.86 bits per heavy atom. The number of rotatable bonds is 5. The van der Waals surface area contributed by atoms with E-state index in [1.165, 1.54) is 6.20 Å². The van der Waals surface area contributed by atoms with E-state index in [2.05, 4.69) is 25.8 Å². The molecule has 0 saturated carbocycles. The van der Waals surface area contributed by atoms with Crippen LogP contribution in [0.3, 0.4) is 0 Å². The summed E-state index contributed by atoms with van der Waals surface area (Å²) in [5.74, 6) is 0.243. The highest BCUT2D eigenvalue weighted by atomic mass is 32.2. The van der Waals surface area contributed by atoms with Gasteiger partial charge < -0.3 is 14.0 Å². The summed E-state index contributed by atoms with van der Waals surface area (Å²) >= 11 is 0. The van der Waals surface area contributed by atoms with Crippen LogP contribution < -0.4 is 9.62 Å². The molecule has 1 aliphatic heterocycles. The highest BCUT2D eigenvalue weighted by molar-refractivity contribution is 7.89. The molecule has 150 valence electrons. The van der Waals surface area contributed by atoms with Crippen LogP contribution in [0.4, 0.5) is 5.69 Å². The molecule has 9 nitrogen and oxygen atoms in total. The van der Waals surface area contributed by atoms with Gasteiger partial charge in [0.25, 0.3) is 0 Å². The lowest BCUT2D eigenvalue weighted by Gasteiger charge is -2.36. The fourth-order valence-corrected chi connectivity index (χ4v) is 4.93. The van der Waals surface area contributed by atoms with Crippen LogP contribution in [-0.2, 0) is 30.0 Å². The molecule has 3 heterocycles. The number of imidazole rings is 1. The van der Waals surface area contributed by atoms with E-state index in [0.29, 0.717) is 25.1 Å². The lowest BCUT2D eigenvalue weighted by Crippen LogP contribution is -2.48. The summed E-state index contributed by atoms with van der Waals surface area (Å²) in [6.07, 6.45) is 5.21. The number of aryl methyl sites for hydroxylation is 2. The second-order valence-electron chi connectivity index (χ2n) is 7.10. The van der Waals surface area contributed by atoms with Crippen LogP contribution >= 0.6 is 0 Å². The van der Waals surface area contributed by atoms with Crippen molar-refractivity contribution in [3.63, 3.8) is 0 Å². The summed E-state index contributed by atoms with van der Waals surface area (Å²) in [5.41, 5.74) is 3.45. The molecule has 10 heteroatoms. The number of nitriles is 1. The van der Waals surface area contributed by atoms with Gasteiger partial charge in [0.15, 0.2) is 5.76 Å². The molecule has 3 aromatic rings. The van der Waals surface area contributed by atoms with Crippen LogP contribution in [-0.4, -0.2) is 35.7 Å². The number of anilines is 1. The molecule has 2 aromatic heterocycles. The first-order chi connectivity index (χ1) is 13.9. The van der Waals surface area contributed by atoms with Gasteiger partial charge in [-0.25, -0.2) is 18.1 Å². The third-order valence-electron chi connectivity index (χ3n) is 5.04. The van der Waals surface area contributed by atoms with Crippen molar-refractivity contribution in [2.45, 2.75) is 30.8 Å². The Kier molecular flexibility index (Phi) is 4.86. The van der Waals surface area contributed by atoms with Crippen molar-refractivity contribution in [3.8, 4) is 6.07 Å². The average molecular weight is 412 g/mol. The van der Waals surface area contributed by atoms with Crippen molar-refractivity contribution in [1.82, 2.24) is 19.4 Å².